The highest BCUT2D eigenvalue weighted by atomic mass is 16.5. The van der Waals surface area contributed by atoms with Crippen molar-refractivity contribution in [1.82, 2.24) is 5.32 Å². The molecule has 1 amide bonds. The summed E-state index contributed by atoms with van der Waals surface area (Å²) in [4.78, 5) is 16.3. The van der Waals surface area contributed by atoms with Gasteiger partial charge in [-0.15, -0.1) is 0 Å². The summed E-state index contributed by atoms with van der Waals surface area (Å²) < 4.78 is 5.04. The minimum atomic E-state index is 0.108. The predicted molar refractivity (Wildman–Crippen MR) is 92.2 cm³/mol. The monoisotopic (exact) mass is 318 g/mol. The molecule has 6 nitrogen and oxygen atoms in total. The molecule has 1 aliphatic rings. The Balaban J connectivity index is 1.87. The number of benzene rings is 1. The minimum absolute atomic E-state index is 0.108. The molecule has 2 rings (SSSR count). The number of amides is 1. The van der Waals surface area contributed by atoms with Gasteiger partial charge in [-0.3, -0.25) is 4.79 Å². The van der Waals surface area contributed by atoms with Crippen molar-refractivity contribution in [2.24, 2.45) is 16.6 Å². The molecule has 4 N–H and O–H groups in total. The first-order chi connectivity index (χ1) is 11.1. The van der Waals surface area contributed by atoms with E-state index in [0.717, 1.165) is 30.5 Å². The zero-order chi connectivity index (χ0) is 16.7. The lowest BCUT2D eigenvalue weighted by Crippen LogP contribution is -2.40. The Morgan fingerprint density at radius 3 is 2.91 bits per heavy atom. The number of hydrogen-bond donors (Lipinski definition) is 3. The second-order valence-electron chi connectivity index (χ2n) is 6.02. The van der Waals surface area contributed by atoms with Gasteiger partial charge in [0.15, 0.2) is 5.96 Å². The quantitative estimate of drug-likeness (QED) is 0.529. The fourth-order valence-corrected chi connectivity index (χ4v) is 2.43. The SMILES string of the molecule is COCC(C)NC(N)=NCc1cccc(NC(=O)C2CCC2)c1. The van der Waals surface area contributed by atoms with Crippen LogP contribution in [0.4, 0.5) is 5.69 Å². The molecule has 0 spiro atoms. The van der Waals surface area contributed by atoms with Crippen molar-refractivity contribution in [2.45, 2.75) is 38.8 Å². The van der Waals surface area contributed by atoms with Crippen molar-refractivity contribution in [3.05, 3.63) is 29.8 Å². The highest BCUT2D eigenvalue weighted by molar-refractivity contribution is 5.93. The third kappa shape index (κ3) is 5.56. The molecule has 1 saturated carbocycles. The Kier molecular flexibility index (Phi) is 6.40. The van der Waals surface area contributed by atoms with Gasteiger partial charge in [0.2, 0.25) is 5.91 Å². The van der Waals surface area contributed by atoms with Crippen LogP contribution in [0.15, 0.2) is 29.3 Å². The van der Waals surface area contributed by atoms with Gasteiger partial charge in [0.05, 0.1) is 13.2 Å². The number of nitrogens with one attached hydrogen (secondary N) is 2. The Morgan fingerprint density at radius 1 is 1.48 bits per heavy atom. The molecule has 0 saturated heterocycles. The van der Waals surface area contributed by atoms with Gasteiger partial charge in [0.1, 0.15) is 0 Å². The Bertz CT molecular complexity index is 555. The number of carbonyl (C=O) groups excluding carboxylic acids is 1. The fraction of sp³-hybridized carbons (Fsp3) is 0.529. The van der Waals surface area contributed by atoms with Crippen molar-refractivity contribution >= 4 is 17.6 Å². The van der Waals surface area contributed by atoms with E-state index in [1.165, 1.54) is 0 Å². The molecule has 0 aromatic heterocycles. The normalized spacial score (nSPS) is 16.5. The number of guanidine groups is 1. The molecular weight excluding hydrogens is 292 g/mol. The Hall–Kier alpha value is -2.08. The number of carbonyl (C=O) groups is 1. The van der Waals surface area contributed by atoms with E-state index in [9.17, 15) is 4.79 Å². The van der Waals surface area contributed by atoms with Crippen molar-refractivity contribution in [2.75, 3.05) is 19.0 Å². The summed E-state index contributed by atoms with van der Waals surface area (Å²) in [7, 11) is 1.65. The van der Waals surface area contributed by atoms with E-state index >= 15 is 0 Å². The molecule has 6 heteroatoms. The molecule has 0 radical (unpaired) electrons. The molecule has 23 heavy (non-hydrogen) atoms. The van der Waals surface area contributed by atoms with Crippen LogP contribution in [0.3, 0.4) is 0 Å². The van der Waals surface area contributed by atoms with Gasteiger partial charge in [0, 0.05) is 24.8 Å². The van der Waals surface area contributed by atoms with Crippen molar-refractivity contribution < 1.29 is 9.53 Å². The number of rotatable bonds is 7. The van der Waals surface area contributed by atoms with E-state index < -0.39 is 0 Å². The van der Waals surface area contributed by atoms with Crippen LogP contribution in [0.1, 0.15) is 31.7 Å². The van der Waals surface area contributed by atoms with Crippen LogP contribution < -0.4 is 16.4 Å². The highest BCUT2D eigenvalue weighted by Crippen LogP contribution is 2.27. The van der Waals surface area contributed by atoms with E-state index in [1.807, 2.05) is 31.2 Å². The van der Waals surface area contributed by atoms with Crippen molar-refractivity contribution in [3.63, 3.8) is 0 Å². The van der Waals surface area contributed by atoms with E-state index in [-0.39, 0.29) is 17.9 Å². The lowest BCUT2D eigenvalue weighted by atomic mass is 9.85. The first kappa shape index (κ1) is 17.3. The summed E-state index contributed by atoms with van der Waals surface area (Å²) in [5.41, 5.74) is 7.66. The zero-order valence-electron chi connectivity index (χ0n) is 13.8. The topological polar surface area (TPSA) is 88.7 Å². The van der Waals surface area contributed by atoms with Gasteiger partial charge in [-0.1, -0.05) is 18.6 Å². The molecule has 1 aromatic rings. The van der Waals surface area contributed by atoms with Gasteiger partial charge in [0.25, 0.3) is 0 Å². The number of aliphatic imine (C=N–C) groups is 1. The largest absolute Gasteiger partial charge is 0.383 e. The van der Waals surface area contributed by atoms with Crippen LogP contribution in [-0.2, 0) is 16.1 Å². The van der Waals surface area contributed by atoms with Crippen LogP contribution in [0.5, 0.6) is 0 Å². The zero-order valence-corrected chi connectivity index (χ0v) is 13.8. The molecule has 1 aromatic carbocycles. The third-order valence-corrected chi connectivity index (χ3v) is 3.91. The summed E-state index contributed by atoms with van der Waals surface area (Å²) in [6.07, 6.45) is 3.15. The number of anilines is 1. The van der Waals surface area contributed by atoms with E-state index in [2.05, 4.69) is 15.6 Å². The number of methoxy groups -OCH3 is 1. The van der Waals surface area contributed by atoms with Gasteiger partial charge in [-0.2, -0.15) is 0 Å². The number of nitrogens with zero attached hydrogens (tertiary/aromatic N) is 1. The maximum absolute atomic E-state index is 12.0. The van der Waals surface area contributed by atoms with E-state index in [1.54, 1.807) is 7.11 Å². The van der Waals surface area contributed by atoms with Crippen LogP contribution in [0.2, 0.25) is 0 Å². The average molecular weight is 318 g/mol. The number of ether oxygens (including phenoxy) is 1. The maximum atomic E-state index is 12.0. The highest BCUT2D eigenvalue weighted by Gasteiger charge is 2.25. The van der Waals surface area contributed by atoms with Crippen LogP contribution in [0.25, 0.3) is 0 Å². The van der Waals surface area contributed by atoms with Crippen LogP contribution in [-0.4, -0.2) is 31.6 Å². The Labute approximate surface area is 137 Å². The number of hydrogen-bond acceptors (Lipinski definition) is 3. The molecule has 0 heterocycles. The minimum Gasteiger partial charge on any atom is -0.383 e. The van der Waals surface area contributed by atoms with Crippen molar-refractivity contribution in [3.8, 4) is 0 Å². The molecule has 0 bridgehead atoms. The first-order valence-corrected chi connectivity index (χ1v) is 8.03. The van der Waals surface area contributed by atoms with Gasteiger partial charge < -0.3 is 21.1 Å². The first-order valence-electron chi connectivity index (χ1n) is 8.03. The number of nitrogens with two attached hydrogens (primary N) is 1. The lowest BCUT2D eigenvalue weighted by molar-refractivity contribution is -0.122. The third-order valence-electron chi connectivity index (χ3n) is 3.91. The molecule has 0 aliphatic heterocycles. The smallest absolute Gasteiger partial charge is 0.227 e. The standard InChI is InChI=1S/C17H26N4O2/c1-12(11-23-2)20-17(18)19-10-13-5-3-8-15(9-13)21-16(22)14-6-4-7-14/h3,5,8-9,12,14H,4,6-7,10-11H2,1-2H3,(H,21,22)(H3,18,19,20). The average Bonchev–Trinajstić information content (AvgIpc) is 2.43. The molecule has 1 unspecified atom stereocenters. The van der Waals surface area contributed by atoms with E-state index in [4.69, 9.17) is 10.5 Å². The molecule has 126 valence electrons. The van der Waals surface area contributed by atoms with Gasteiger partial charge in [-0.25, -0.2) is 4.99 Å². The summed E-state index contributed by atoms with van der Waals surface area (Å²) in [5, 5.41) is 6.03. The summed E-state index contributed by atoms with van der Waals surface area (Å²) in [5.74, 6) is 0.684. The second kappa shape index (κ2) is 8.53. The molecule has 1 aliphatic carbocycles. The summed E-state index contributed by atoms with van der Waals surface area (Å²) in [6.45, 7) is 3.01. The molecule has 1 fully saturated rings. The molecule has 1 atom stereocenters. The predicted octanol–water partition coefficient (Wildman–Crippen LogP) is 1.86. The fourth-order valence-electron chi connectivity index (χ4n) is 2.43. The van der Waals surface area contributed by atoms with Gasteiger partial charge >= 0.3 is 0 Å². The van der Waals surface area contributed by atoms with E-state index in [0.29, 0.717) is 19.1 Å². The maximum Gasteiger partial charge on any atom is 0.227 e. The second-order valence-corrected chi connectivity index (χ2v) is 6.02. The summed E-state index contributed by atoms with van der Waals surface area (Å²) in [6, 6.07) is 7.82. The molecular formula is C17H26N4O2. The van der Waals surface area contributed by atoms with Crippen LogP contribution >= 0.6 is 0 Å². The lowest BCUT2D eigenvalue weighted by Gasteiger charge is -2.24. The van der Waals surface area contributed by atoms with Crippen LogP contribution in [0, 0.1) is 5.92 Å². The van der Waals surface area contributed by atoms with Crippen molar-refractivity contribution in [1.29, 1.82) is 0 Å². The summed E-state index contributed by atoms with van der Waals surface area (Å²) >= 11 is 0. The Morgan fingerprint density at radius 2 is 2.26 bits per heavy atom. The van der Waals surface area contributed by atoms with Gasteiger partial charge in [-0.05, 0) is 37.5 Å².